The molecule has 0 aromatic heterocycles. The minimum atomic E-state index is -2.85. The second-order valence-corrected chi connectivity index (χ2v) is 10.8. The Bertz CT molecular complexity index is 389. The molecule has 0 atom stereocenters. The molecule has 1 radical (unpaired) electrons. The Morgan fingerprint density at radius 2 is 2.15 bits per heavy atom. The third-order valence-electron chi connectivity index (χ3n) is 1.42. The van der Waals surface area contributed by atoms with E-state index in [1.54, 1.807) is 0 Å². The van der Waals surface area contributed by atoms with E-state index in [1.807, 2.05) is 24.3 Å². The molecule has 5 heteroatoms. The van der Waals surface area contributed by atoms with Crippen LogP contribution in [0.2, 0.25) is 0 Å². The summed E-state index contributed by atoms with van der Waals surface area (Å²) in [5.74, 6) is 0. The first-order chi connectivity index (χ1) is 6.01. The van der Waals surface area contributed by atoms with Gasteiger partial charge in [0.25, 0.3) is 0 Å². The Kier molecular flexibility index (Phi) is 3.53. The molecule has 0 saturated carbocycles. The van der Waals surface area contributed by atoms with E-state index in [4.69, 9.17) is 5.73 Å². The third-order valence-corrected chi connectivity index (χ3v) is 5.96. The summed E-state index contributed by atoms with van der Waals surface area (Å²) >= 11 is -0.774. The molecule has 1 rings (SSSR count). The van der Waals surface area contributed by atoms with Crippen molar-refractivity contribution in [2.75, 3.05) is 6.26 Å². The maximum atomic E-state index is 11.0. The molecule has 0 spiro atoms. The van der Waals surface area contributed by atoms with Gasteiger partial charge in [-0.15, -0.1) is 0 Å². The second kappa shape index (κ2) is 4.27. The molecule has 1 aromatic carbocycles. The topological polar surface area (TPSA) is 60.2 Å². The van der Waals surface area contributed by atoms with E-state index in [0.717, 1.165) is 9.91 Å². The van der Waals surface area contributed by atoms with E-state index in [9.17, 15) is 8.42 Å². The van der Waals surface area contributed by atoms with Crippen LogP contribution in [-0.4, -0.2) is 29.3 Å². The van der Waals surface area contributed by atoms with Gasteiger partial charge in [-0.1, -0.05) is 0 Å². The normalized spacial score (nSPS) is 12.5. The monoisotopic (exact) mass is 260 g/mol. The van der Waals surface area contributed by atoms with Crippen molar-refractivity contribution in [3.8, 4) is 0 Å². The number of hydrogen-bond acceptors (Lipinski definition) is 3. The zero-order valence-corrected chi connectivity index (χ0v) is 9.96. The zero-order valence-electron chi connectivity index (χ0n) is 7.27. The minimum absolute atomic E-state index is 0.457. The summed E-state index contributed by atoms with van der Waals surface area (Å²) in [4.78, 5) is 0. The number of benzene rings is 1. The van der Waals surface area contributed by atoms with Gasteiger partial charge in [-0.25, -0.2) is 0 Å². The Labute approximate surface area is 83.9 Å². The van der Waals surface area contributed by atoms with Gasteiger partial charge in [0.2, 0.25) is 0 Å². The fourth-order valence-electron chi connectivity index (χ4n) is 0.932. The van der Waals surface area contributed by atoms with Gasteiger partial charge in [-0.2, -0.15) is 0 Å². The van der Waals surface area contributed by atoms with Crippen molar-refractivity contribution in [2.45, 2.75) is 6.54 Å². The van der Waals surface area contributed by atoms with Gasteiger partial charge in [0.05, 0.1) is 0 Å². The van der Waals surface area contributed by atoms with Gasteiger partial charge in [-0.05, 0) is 0 Å². The van der Waals surface area contributed by atoms with E-state index < -0.39 is 22.7 Å². The van der Waals surface area contributed by atoms with Crippen molar-refractivity contribution in [1.29, 1.82) is 0 Å². The molecule has 71 valence electrons. The van der Waals surface area contributed by atoms with E-state index in [-0.39, 0.29) is 0 Å². The van der Waals surface area contributed by atoms with Crippen LogP contribution in [0.5, 0.6) is 0 Å². The Hall–Kier alpha value is -0.312. The van der Waals surface area contributed by atoms with Gasteiger partial charge in [0, 0.05) is 0 Å². The first-order valence-corrected chi connectivity index (χ1v) is 8.82. The average molecular weight is 260 g/mol. The van der Waals surface area contributed by atoms with Crippen LogP contribution in [0.25, 0.3) is 0 Å². The molecule has 0 bridgehead atoms. The van der Waals surface area contributed by atoms with Crippen molar-refractivity contribution >= 4 is 27.0 Å². The van der Waals surface area contributed by atoms with Crippen molar-refractivity contribution in [1.82, 2.24) is 0 Å². The van der Waals surface area contributed by atoms with Gasteiger partial charge in [-0.3, -0.25) is 0 Å². The van der Waals surface area contributed by atoms with Crippen LogP contribution in [0.3, 0.4) is 0 Å². The van der Waals surface area contributed by atoms with Crippen LogP contribution < -0.4 is 10.1 Å². The molecule has 0 saturated heterocycles. The van der Waals surface area contributed by atoms with Gasteiger partial charge in [0.1, 0.15) is 0 Å². The summed E-state index contributed by atoms with van der Waals surface area (Å²) < 4.78 is 22.9. The van der Waals surface area contributed by atoms with E-state index in [0.29, 0.717) is 6.54 Å². The Balaban J connectivity index is 2.90. The van der Waals surface area contributed by atoms with Gasteiger partial charge >= 0.3 is 83.8 Å². The maximum absolute atomic E-state index is 11.0. The van der Waals surface area contributed by atoms with Crippen molar-refractivity contribution in [3.05, 3.63) is 29.8 Å². The summed E-state index contributed by atoms with van der Waals surface area (Å²) in [6.45, 7) is 0.457. The SMILES string of the molecule is CS(=O)(=O)[As]c1cccc(CN)c1. The third kappa shape index (κ3) is 3.94. The molecular formula is C8H11AsNO2S. The molecular weight excluding hydrogens is 249 g/mol. The molecule has 0 aliphatic heterocycles. The molecule has 0 aliphatic carbocycles. The summed E-state index contributed by atoms with van der Waals surface area (Å²) in [5.41, 5.74) is 6.43. The number of hydrogen-bond donors (Lipinski definition) is 1. The van der Waals surface area contributed by atoms with Gasteiger partial charge < -0.3 is 0 Å². The Morgan fingerprint density at radius 3 is 2.69 bits per heavy atom. The number of nitrogens with two attached hydrogens (primary N) is 1. The van der Waals surface area contributed by atoms with Crippen LogP contribution in [0.4, 0.5) is 0 Å². The van der Waals surface area contributed by atoms with E-state index in [2.05, 4.69) is 0 Å². The van der Waals surface area contributed by atoms with E-state index >= 15 is 0 Å². The predicted molar refractivity (Wildman–Crippen MR) is 54.6 cm³/mol. The first kappa shape index (κ1) is 10.8. The molecule has 0 fully saturated rings. The molecule has 0 heterocycles. The van der Waals surface area contributed by atoms with E-state index in [1.165, 1.54) is 6.26 Å². The predicted octanol–water partition coefficient (Wildman–Crippen LogP) is -0.566. The van der Waals surface area contributed by atoms with Crippen LogP contribution in [0.1, 0.15) is 5.56 Å². The Morgan fingerprint density at radius 1 is 1.46 bits per heavy atom. The molecule has 3 nitrogen and oxygen atoms in total. The van der Waals surface area contributed by atoms with Gasteiger partial charge in [0.15, 0.2) is 0 Å². The number of rotatable bonds is 3. The first-order valence-electron chi connectivity index (χ1n) is 3.73. The summed E-state index contributed by atoms with van der Waals surface area (Å²) in [6, 6.07) is 7.44. The molecule has 0 amide bonds. The summed E-state index contributed by atoms with van der Waals surface area (Å²) in [5, 5.41) is 0. The fourth-order valence-corrected chi connectivity index (χ4v) is 5.08. The molecule has 2 N–H and O–H groups in total. The summed E-state index contributed by atoms with van der Waals surface area (Å²) in [6.07, 6.45) is 1.27. The standard InChI is InChI=1S/C8H11AsNO2S/c1-13(11,12)9-8-4-2-3-7(5-8)6-10/h2-5H,6,10H2,1H3. The van der Waals surface area contributed by atoms with Crippen LogP contribution >= 0.6 is 0 Å². The summed E-state index contributed by atoms with van der Waals surface area (Å²) in [7, 11) is -2.85. The van der Waals surface area contributed by atoms with Crippen LogP contribution in [0, 0.1) is 0 Å². The molecule has 0 aliphatic rings. The van der Waals surface area contributed by atoms with Crippen LogP contribution in [0.15, 0.2) is 24.3 Å². The fraction of sp³-hybridized carbons (Fsp3) is 0.250. The zero-order chi connectivity index (χ0) is 9.90. The quantitative estimate of drug-likeness (QED) is 0.741. The molecule has 0 unspecified atom stereocenters. The molecule has 1 aromatic rings. The second-order valence-electron chi connectivity index (χ2n) is 2.70. The van der Waals surface area contributed by atoms with Crippen LogP contribution in [-0.2, 0) is 14.6 Å². The molecule has 13 heavy (non-hydrogen) atoms. The average Bonchev–Trinajstić information content (AvgIpc) is 2.01. The van der Waals surface area contributed by atoms with Crippen molar-refractivity contribution in [2.24, 2.45) is 5.73 Å². The van der Waals surface area contributed by atoms with Crippen molar-refractivity contribution < 1.29 is 8.42 Å². The van der Waals surface area contributed by atoms with Crippen molar-refractivity contribution in [3.63, 3.8) is 0 Å².